The van der Waals surface area contributed by atoms with Gasteiger partial charge in [0.15, 0.2) is 10.8 Å². The van der Waals surface area contributed by atoms with Gasteiger partial charge in [-0.15, -0.1) is 11.3 Å². The number of carbonyl (C=O) groups excluding carboxylic acids is 1. The minimum absolute atomic E-state index is 0.103. The van der Waals surface area contributed by atoms with E-state index in [4.69, 9.17) is 14.4 Å². The Bertz CT molecular complexity index is 927. The zero-order valence-corrected chi connectivity index (χ0v) is 14.0. The molecule has 0 amide bonds. The number of nitriles is 1. The molecule has 6 heteroatoms. The first-order valence-corrected chi connectivity index (χ1v) is 8.17. The van der Waals surface area contributed by atoms with Crippen LogP contribution in [0.3, 0.4) is 0 Å². The zero-order chi connectivity index (χ0) is 17.1. The van der Waals surface area contributed by atoms with Crippen LogP contribution in [0.2, 0.25) is 0 Å². The van der Waals surface area contributed by atoms with Crippen molar-refractivity contribution in [3.05, 3.63) is 47.7 Å². The number of para-hydroxylation sites is 1. The summed E-state index contributed by atoms with van der Waals surface area (Å²) in [5.41, 5.74) is 0.804. The van der Waals surface area contributed by atoms with Crippen LogP contribution in [-0.2, 0) is 9.53 Å². The average Bonchev–Trinajstić information content (AvgIpc) is 3.18. The Kier molecular flexibility index (Phi) is 4.45. The summed E-state index contributed by atoms with van der Waals surface area (Å²) in [6.07, 6.45) is 1.09. The van der Waals surface area contributed by atoms with Gasteiger partial charge in [-0.05, 0) is 38.1 Å². The molecule has 0 saturated heterocycles. The van der Waals surface area contributed by atoms with Crippen molar-refractivity contribution >= 4 is 33.6 Å². The monoisotopic (exact) mass is 338 g/mol. The molecule has 0 aliphatic rings. The molecule has 0 saturated carbocycles. The average molecular weight is 338 g/mol. The van der Waals surface area contributed by atoms with E-state index in [0.29, 0.717) is 11.5 Å². The lowest BCUT2D eigenvalue weighted by Gasteiger charge is -2.05. The number of aromatic nitrogens is 1. The topological polar surface area (TPSA) is 76.1 Å². The van der Waals surface area contributed by atoms with Crippen molar-refractivity contribution in [2.75, 3.05) is 0 Å². The fourth-order valence-electron chi connectivity index (χ4n) is 2.08. The normalized spacial score (nSPS) is 11.7. The number of thiazole rings is 1. The van der Waals surface area contributed by atoms with Crippen molar-refractivity contribution in [2.24, 2.45) is 0 Å². The van der Waals surface area contributed by atoms with E-state index in [1.165, 1.54) is 17.4 Å². The fraction of sp³-hybridized carbons (Fsp3) is 0.167. The highest BCUT2D eigenvalue weighted by molar-refractivity contribution is 7.21. The summed E-state index contributed by atoms with van der Waals surface area (Å²) in [4.78, 5) is 16.3. The molecule has 0 radical (unpaired) electrons. The van der Waals surface area contributed by atoms with Crippen molar-refractivity contribution in [1.82, 2.24) is 4.98 Å². The quantitative estimate of drug-likeness (QED) is 0.400. The molecule has 3 rings (SSSR count). The van der Waals surface area contributed by atoms with E-state index in [1.54, 1.807) is 26.0 Å². The molecule has 5 nitrogen and oxygen atoms in total. The molecular weight excluding hydrogens is 324 g/mol. The smallest absolute Gasteiger partial charge is 0.349 e. The van der Waals surface area contributed by atoms with Crippen LogP contribution in [0.25, 0.3) is 27.1 Å². The predicted molar refractivity (Wildman–Crippen MR) is 92.1 cm³/mol. The Balaban J connectivity index is 1.88. The molecule has 120 valence electrons. The SMILES string of the molecule is CC(C)OC(=O)/C(C#N)=C/c1ccc(-c2nc3ccccc3s2)o1. The molecule has 2 heterocycles. The highest BCUT2D eigenvalue weighted by Gasteiger charge is 2.15. The standard InChI is InChI=1S/C18H14N2O3S/c1-11(2)22-18(21)12(10-19)9-13-7-8-15(23-13)17-20-14-5-3-4-6-16(14)24-17/h3-9,11H,1-2H3/b12-9+. The summed E-state index contributed by atoms with van der Waals surface area (Å²) < 4.78 is 11.8. The van der Waals surface area contributed by atoms with Gasteiger partial charge in [0, 0.05) is 6.08 Å². The molecule has 0 N–H and O–H groups in total. The number of hydrogen-bond donors (Lipinski definition) is 0. The van der Waals surface area contributed by atoms with Crippen molar-refractivity contribution in [1.29, 1.82) is 5.26 Å². The first-order chi connectivity index (χ1) is 11.6. The lowest BCUT2D eigenvalue weighted by molar-refractivity contribution is -0.142. The summed E-state index contributed by atoms with van der Waals surface area (Å²) in [5.74, 6) is 0.337. The Morgan fingerprint density at radius 3 is 2.83 bits per heavy atom. The fourth-order valence-corrected chi connectivity index (χ4v) is 3.01. The van der Waals surface area contributed by atoms with Crippen LogP contribution in [0, 0.1) is 11.3 Å². The number of esters is 1. The number of nitrogens with zero attached hydrogens (tertiary/aromatic N) is 2. The van der Waals surface area contributed by atoms with Gasteiger partial charge in [-0.3, -0.25) is 0 Å². The summed E-state index contributed by atoms with van der Waals surface area (Å²) >= 11 is 1.52. The van der Waals surface area contributed by atoms with E-state index in [9.17, 15) is 4.79 Å². The second-order valence-corrected chi connectivity index (χ2v) is 6.34. The number of ether oxygens (including phenoxy) is 1. The van der Waals surface area contributed by atoms with Crippen LogP contribution < -0.4 is 0 Å². The molecule has 3 aromatic rings. The molecule has 2 aromatic heterocycles. The third kappa shape index (κ3) is 3.36. The summed E-state index contributed by atoms with van der Waals surface area (Å²) in [5, 5.41) is 9.87. The van der Waals surface area contributed by atoms with Crippen molar-refractivity contribution in [3.8, 4) is 16.8 Å². The van der Waals surface area contributed by atoms with Gasteiger partial charge in [-0.25, -0.2) is 9.78 Å². The highest BCUT2D eigenvalue weighted by atomic mass is 32.1. The van der Waals surface area contributed by atoms with Crippen LogP contribution >= 0.6 is 11.3 Å². The number of benzene rings is 1. The van der Waals surface area contributed by atoms with Gasteiger partial charge in [0.2, 0.25) is 0 Å². The molecule has 0 atom stereocenters. The van der Waals surface area contributed by atoms with E-state index >= 15 is 0 Å². The van der Waals surface area contributed by atoms with Crippen LogP contribution in [0.15, 0.2) is 46.4 Å². The third-order valence-electron chi connectivity index (χ3n) is 3.10. The van der Waals surface area contributed by atoms with Crippen LogP contribution in [0.4, 0.5) is 0 Å². The summed E-state index contributed by atoms with van der Waals surface area (Å²) in [6, 6.07) is 13.1. The molecule has 24 heavy (non-hydrogen) atoms. The Hall–Kier alpha value is -2.91. The van der Waals surface area contributed by atoms with Gasteiger partial charge in [-0.1, -0.05) is 12.1 Å². The van der Waals surface area contributed by atoms with E-state index in [1.807, 2.05) is 30.3 Å². The Morgan fingerprint density at radius 2 is 2.12 bits per heavy atom. The van der Waals surface area contributed by atoms with Gasteiger partial charge >= 0.3 is 5.97 Å². The number of fused-ring (bicyclic) bond motifs is 1. The number of furan rings is 1. The second kappa shape index (κ2) is 6.69. The third-order valence-corrected chi connectivity index (χ3v) is 4.15. The molecule has 1 aromatic carbocycles. The molecule has 0 aliphatic heterocycles. The second-order valence-electron chi connectivity index (χ2n) is 5.31. The number of carbonyl (C=O) groups is 1. The van der Waals surface area contributed by atoms with Crippen LogP contribution in [0.1, 0.15) is 19.6 Å². The van der Waals surface area contributed by atoms with Crippen molar-refractivity contribution in [2.45, 2.75) is 20.0 Å². The first-order valence-electron chi connectivity index (χ1n) is 7.35. The lowest BCUT2D eigenvalue weighted by atomic mass is 10.2. The molecule has 0 bridgehead atoms. The first kappa shape index (κ1) is 16.0. The zero-order valence-electron chi connectivity index (χ0n) is 13.1. The number of rotatable bonds is 4. The van der Waals surface area contributed by atoms with Gasteiger partial charge in [0.05, 0.1) is 16.3 Å². The summed E-state index contributed by atoms with van der Waals surface area (Å²) in [6.45, 7) is 3.45. The molecule has 0 unspecified atom stereocenters. The maximum absolute atomic E-state index is 11.8. The predicted octanol–water partition coefficient (Wildman–Crippen LogP) is 4.41. The maximum atomic E-state index is 11.8. The molecule has 0 fully saturated rings. The van der Waals surface area contributed by atoms with Gasteiger partial charge in [0.1, 0.15) is 17.4 Å². The minimum Gasteiger partial charge on any atom is -0.459 e. The van der Waals surface area contributed by atoms with E-state index in [2.05, 4.69) is 4.98 Å². The lowest BCUT2D eigenvalue weighted by Crippen LogP contribution is -2.12. The summed E-state index contributed by atoms with van der Waals surface area (Å²) in [7, 11) is 0. The van der Waals surface area contributed by atoms with E-state index in [-0.39, 0.29) is 11.7 Å². The molecule has 0 spiro atoms. The maximum Gasteiger partial charge on any atom is 0.349 e. The molecule has 0 aliphatic carbocycles. The van der Waals surface area contributed by atoms with Crippen LogP contribution in [0.5, 0.6) is 0 Å². The van der Waals surface area contributed by atoms with Gasteiger partial charge in [-0.2, -0.15) is 5.26 Å². The molecular formula is C18H14N2O3S. The minimum atomic E-state index is -0.662. The van der Waals surface area contributed by atoms with Crippen LogP contribution in [-0.4, -0.2) is 17.1 Å². The Morgan fingerprint density at radius 1 is 1.33 bits per heavy atom. The van der Waals surface area contributed by atoms with Crippen molar-refractivity contribution in [3.63, 3.8) is 0 Å². The largest absolute Gasteiger partial charge is 0.459 e. The van der Waals surface area contributed by atoms with E-state index < -0.39 is 5.97 Å². The van der Waals surface area contributed by atoms with Gasteiger partial charge < -0.3 is 9.15 Å². The van der Waals surface area contributed by atoms with Crippen molar-refractivity contribution < 1.29 is 13.9 Å². The highest BCUT2D eigenvalue weighted by Crippen LogP contribution is 2.31. The number of hydrogen-bond acceptors (Lipinski definition) is 6. The Labute approximate surface area is 142 Å². The van der Waals surface area contributed by atoms with E-state index in [0.717, 1.165) is 15.2 Å². The van der Waals surface area contributed by atoms with Gasteiger partial charge in [0.25, 0.3) is 0 Å².